The Labute approximate surface area is 141 Å². The highest BCUT2D eigenvalue weighted by atomic mass is 19.1. The molecule has 2 rings (SSSR count). The predicted octanol–water partition coefficient (Wildman–Crippen LogP) is 1.53. The van der Waals surface area contributed by atoms with Gasteiger partial charge in [-0.05, 0) is 37.8 Å². The van der Waals surface area contributed by atoms with Crippen molar-refractivity contribution in [2.75, 3.05) is 0 Å². The molecule has 1 atom stereocenters. The lowest BCUT2D eigenvalue weighted by Gasteiger charge is -2.36. The SMILES string of the molecule is C#Cc1c(F)ccc2cccc(CC(C)(O)C(C)(C)O)c12.O[B]O. The fourth-order valence-corrected chi connectivity index (χ4v) is 2.31. The Balaban J connectivity index is 0.000000891. The highest BCUT2D eigenvalue weighted by molar-refractivity contribution is 6.13. The predicted molar refractivity (Wildman–Crippen MR) is 92.7 cm³/mol. The first kappa shape index (κ1) is 20.1. The third-order valence-electron chi connectivity index (χ3n) is 4.08. The zero-order valence-electron chi connectivity index (χ0n) is 13.9. The van der Waals surface area contributed by atoms with Crippen LogP contribution in [0.3, 0.4) is 0 Å². The minimum absolute atomic E-state index is 0. The van der Waals surface area contributed by atoms with Crippen LogP contribution in [-0.2, 0) is 6.42 Å². The monoisotopic (exact) mass is 331 g/mol. The molecule has 0 aromatic heterocycles. The van der Waals surface area contributed by atoms with Crippen LogP contribution in [0.15, 0.2) is 30.3 Å². The first-order valence-electron chi connectivity index (χ1n) is 7.30. The first-order chi connectivity index (χ1) is 11.1. The first-order valence-corrected chi connectivity index (χ1v) is 7.30. The number of fused-ring (bicyclic) bond motifs is 1. The lowest BCUT2D eigenvalue weighted by Crippen LogP contribution is -2.49. The van der Waals surface area contributed by atoms with Gasteiger partial charge >= 0.3 is 7.69 Å². The van der Waals surface area contributed by atoms with E-state index in [0.717, 1.165) is 5.39 Å². The van der Waals surface area contributed by atoms with Gasteiger partial charge in [0, 0.05) is 11.8 Å². The van der Waals surface area contributed by atoms with Gasteiger partial charge in [-0.1, -0.05) is 30.2 Å². The van der Waals surface area contributed by atoms with Crippen LogP contribution in [-0.4, -0.2) is 39.1 Å². The molecule has 0 aliphatic heterocycles. The number of hydrogen-bond donors (Lipinski definition) is 4. The molecule has 1 radical (unpaired) electrons. The Morgan fingerprint density at radius 2 is 1.71 bits per heavy atom. The van der Waals surface area contributed by atoms with Crippen molar-refractivity contribution in [1.29, 1.82) is 0 Å². The molecule has 2 aromatic carbocycles. The molecule has 0 spiro atoms. The van der Waals surface area contributed by atoms with Gasteiger partial charge in [0.25, 0.3) is 0 Å². The van der Waals surface area contributed by atoms with Crippen LogP contribution in [0.4, 0.5) is 4.39 Å². The van der Waals surface area contributed by atoms with Gasteiger partial charge in [0.1, 0.15) is 5.82 Å². The molecule has 0 amide bonds. The summed E-state index contributed by atoms with van der Waals surface area (Å²) in [5, 5.41) is 36.0. The fourth-order valence-electron chi connectivity index (χ4n) is 2.31. The van der Waals surface area contributed by atoms with Gasteiger partial charge in [-0.15, -0.1) is 6.42 Å². The summed E-state index contributed by atoms with van der Waals surface area (Å²) in [6, 6.07) is 8.47. The van der Waals surface area contributed by atoms with Gasteiger partial charge in [0.2, 0.25) is 0 Å². The molecule has 0 aliphatic rings. The molecule has 24 heavy (non-hydrogen) atoms. The van der Waals surface area contributed by atoms with Crippen LogP contribution < -0.4 is 0 Å². The molecule has 0 saturated carbocycles. The molecule has 0 heterocycles. The Kier molecular flexibility index (Phi) is 6.53. The molecular weight excluding hydrogens is 310 g/mol. The molecule has 6 heteroatoms. The molecule has 0 saturated heterocycles. The van der Waals surface area contributed by atoms with Gasteiger partial charge in [0.05, 0.1) is 16.8 Å². The van der Waals surface area contributed by atoms with E-state index < -0.39 is 17.0 Å². The summed E-state index contributed by atoms with van der Waals surface area (Å²) in [5.74, 6) is 1.93. The quantitative estimate of drug-likeness (QED) is 0.508. The smallest absolute Gasteiger partial charge is 0.429 e. The molecule has 0 aliphatic carbocycles. The standard InChI is InChI=1S/C18H19FO2.BH2O2/c1-5-14-15(19)10-9-12-7-6-8-13(16(12)14)11-18(4,21)17(2,3)20;2-1-3/h1,6-10,20-21H,11H2,2-4H3;2-3H. The zero-order chi connectivity index (χ0) is 18.5. The van der Waals surface area contributed by atoms with Crippen molar-refractivity contribution in [1.82, 2.24) is 0 Å². The van der Waals surface area contributed by atoms with Crippen molar-refractivity contribution >= 4 is 18.5 Å². The summed E-state index contributed by atoms with van der Waals surface area (Å²) in [4.78, 5) is 0. The third kappa shape index (κ3) is 4.34. The van der Waals surface area contributed by atoms with E-state index in [9.17, 15) is 14.6 Å². The fraction of sp³-hybridized carbons (Fsp3) is 0.333. The van der Waals surface area contributed by atoms with Gasteiger partial charge in [-0.2, -0.15) is 0 Å². The van der Waals surface area contributed by atoms with Crippen molar-refractivity contribution in [3.05, 3.63) is 47.3 Å². The number of hydrogen-bond acceptors (Lipinski definition) is 4. The molecule has 2 aromatic rings. The van der Waals surface area contributed by atoms with Crippen LogP contribution in [0.2, 0.25) is 0 Å². The van der Waals surface area contributed by atoms with Crippen molar-refractivity contribution < 1.29 is 24.7 Å². The largest absolute Gasteiger partial charge is 0.482 e. The van der Waals surface area contributed by atoms with Crippen molar-refractivity contribution in [2.45, 2.75) is 38.4 Å². The van der Waals surface area contributed by atoms with Crippen LogP contribution in [0.1, 0.15) is 31.9 Å². The number of terminal acetylenes is 1. The van der Waals surface area contributed by atoms with E-state index in [1.54, 1.807) is 32.9 Å². The molecule has 0 fully saturated rings. The van der Waals surface area contributed by atoms with E-state index in [-0.39, 0.29) is 19.7 Å². The van der Waals surface area contributed by atoms with Gasteiger partial charge in [-0.25, -0.2) is 4.39 Å². The Hall–Kier alpha value is -1.91. The van der Waals surface area contributed by atoms with Crippen LogP contribution in [0.5, 0.6) is 0 Å². The average molecular weight is 331 g/mol. The van der Waals surface area contributed by atoms with E-state index >= 15 is 0 Å². The van der Waals surface area contributed by atoms with Gasteiger partial charge in [0.15, 0.2) is 0 Å². The molecule has 4 N–H and O–H groups in total. The molecule has 127 valence electrons. The molecule has 4 nitrogen and oxygen atoms in total. The van der Waals surface area contributed by atoms with E-state index in [2.05, 4.69) is 5.92 Å². The summed E-state index contributed by atoms with van der Waals surface area (Å²) < 4.78 is 13.9. The lowest BCUT2D eigenvalue weighted by molar-refractivity contribution is -0.118. The second kappa shape index (κ2) is 7.78. The highest BCUT2D eigenvalue weighted by Crippen LogP contribution is 2.31. The molecular formula is C18H21BFO4. The number of rotatable bonds is 3. The van der Waals surface area contributed by atoms with E-state index in [1.165, 1.54) is 6.07 Å². The van der Waals surface area contributed by atoms with Crippen LogP contribution in [0, 0.1) is 18.2 Å². The minimum atomic E-state index is -1.36. The van der Waals surface area contributed by atoms with Gasteiger partial charge < -0.3 is 20.3 Å². The van der Waals surface area contributed by atoms with Gasteiger partial charge in [-0.3, -0.25) is 0 Å². The van der Waals surface area contributed by atoms with E-state index in [4.69, 9.17) is 16.5 Å². The average Bonchev–Trinajstić information content (AvgIpc) is 2.47. The number of aliphatic hydroxyl groups is 2. The Morgan fingerprint density at radius 1 is 1.12 bits per heavy atom. The summed E-state index contributed by atoms with van der Waals surface area (Å²) in [6.45, 7) is 4.64. The maximum atomic E-state index is 13.9. The maximum absolute atomic E-state index is 13.9. The summed E-state index contributed by atoms with van der Waals surface area (Å²) in [7, 11) is 0. The van der Waals surface area contributed by atoms with Crippen LogP contribution >= 0.6 is 0 Å². The van der Waals surface area contributed by atoms with E-state index in [0.29, 0.717) is 10.9 Å². The van der Waals surface area contributed by atoms with Crippen molar-refractivity contribution in [3.8, 4) is 12.3 Å². The second-order valence-corrected chi connectivity index (χ2v) is 6.21. The molecule has 1 unspecified atom stereocenters. The van der Waals surface area contributed by atoms with E-state index in [1.807, 2.05) is 12.1 Å². The zero-order valence-corrected chi connectivity index (χ0v) is 13.9. The maximum Gasteiger partial charge on any atom is 0.482 e. The third-order valence-corrected chi connectivity index (χ3v) is 4.08. The number of halogens is 1. The summed E-state index contributed by atoms with van der Waals surface area (Å²) in [5.41, 5.74) is -1.75. The normalized spacial score (nSPS) is 13.5. The highest BCUT2D eigenvalue weighted by Gasteiger charge is 2.38. The lowest BCUT2D eigenvalue weighted by atomic mass is 9.81. The van der Waals surface area contributed by atoms with Crippen molar-refractivity contribution in [3.63, 3.8) is 0 Å². The Morgan fingerprint density at radius 3 is 2.21 bits per heavy atom. The van der Waals surface area contributed by atoms with Crippen LogP contribution in [0.25, 0.3) is 10.8 Å². The topological polar surface area (TPSA) is 80.9 Å². The summed E-state index contributed by atoms with van der Waals surface area (Å²) >= 11 is 0. The number of benzene rings is 2. The Bertz CT molecular complexity index is 745. The second-order valence-electron chi connectivity index (χ2n) is 6.21. The van der Waals surface area contributed by atoms with Crippen molar-refractivity contribution in [2.24, 2.45) is 0 Å². The summed E-state index contributed by atoms with van der Waals surface area (Å²) in [6.07, 6.45) is 5.61. The minimum Gasteiger partial charge on any atom is -0.429 e. The molecule has 0 bridgehead atoms.